The van der Waals surface area contributed by atoms with Crippen LogP contribution in [0.15, 0.2) is 0 Å². The molecule has 82 valence electrons. The average molecular weight is 198 g/mol. The van der Waals surface area contributed by atoms with E-state index < -0.39 is 0 Å². The second kappa shape index (κ2) is 4.60. The Morgan fingerprint density at radius 2 is 1.93 bits per heavy atom. The Morgan fingerprint density at radius 3 is 2.64 bits per heavy atom. The molecular weight excluding hydrogens is 176 g/mol. The van der Waals surface area contributed by atoms with Crippen LogP contribution in [-0.4, -0.2) is 60.3 Å². The molecule has 0 saturated carbocycles. The number of aliphatic hydroxyl groups excluding tert-OH is 1. The van der Waals surface area contributed by atoms with E-state index in [2.05, 4.69) is 16.8 Å². The van der Waals surface area contributed by atoms with E-state index in [1.54, 1.807) is 0 Å². The first-order valence-electron chi connectivity index (χ1n) is 5.86. The van der Waals surface area contributed by atoms with Crippen molar-refractivity contribution in [3.63, 3.8) is 0 Å². The summed E-state index contributed by atoms with van der Waals surface area (Å²) in [4.78, 5) is 4.91. The first kappa shape index (κ1) is 10.4. The number of β-amino-alcohol motifs (C(OH)–C–C–N with tert-alkyl or cyclic N) is 1. The zero-order valence-electron chi connectivity index (χ0n) is 9.15. The Labute approximate surface area is 86.7 Å². The number of hydrogen-bond acceptors (Lipinski definition) is 3. The average Bonchev–Trinajstić information content (AvgIpc) is 2.46. The molecule has 0 spiro atoms. The maximum Gasteiger partial charge on any atom is 0.0679 e. The fourth-order valence-electron chi connectivity index (χ4n) is 2.69. The zero-order chi connectivity index (χ0) is 9.97. The summed E-state index contributed by atoms with van der Waals surface area (Å²) in [6.45, 7) is 4.48. The molecule has 1 N–H and O–H groups in total. The molecule has 0 aliphatic carbocycles. The second-order valence-corrected chi connectivity index (χ2v) is 4.83. The molecular formula is C11H22N2O. The van der Waals surface area contributed by atoms with E-state index in [4.69, 9.17) is 0 Å². The molecule has 0 aromatic carbocycles. The minimum atomic E-state index is -0.0593. The number of rotatable bonds is 1. The Bertz CT molecular complexity index is 186. The molecule has 2 atom stereocenters. The van der Waals surface area contributed by atoms with Gasteiger partial charge >= 0.3 is 0 Å². The SMILES string of the molecule is CN1CCCC(N2CCC(O)C2)CC1. The van der Waals surface area contributed by atoms with Gasteiger partial charge in [0.25, 0.3) is 0 Å². The molecule has 0 aromatic rings. The highest BCUT2D eigenvalue weighted by molar-refractivity contribution is 4.83. The topological polar surface area (TPSA) is 26.7 Å². The van der Waals surface area contributed by atoms with Gasteiger partial charge in [-0.2, -0.15) is 0 Å². The van der Waals surface area contributed by atoms with Gasteiger partial charge in [-0.25, -0.2) is 0 Å². The van der Waals surface area contributed by atoms with Crippen LogP contribution in [0, 0.1) is 0 Å². The highest BCUT2D eigenvalue weighted by Crippen LogP contribution is 2.20. The predicted octanol–water partition coefficient (Wildman–Crippen LogP) is 0.537. The molecule has 2 fully saturated rings. The van der Waals surface area contributed by atoms with Crippen LogP contribution < -0.4 is 0 Å². The third-order valence-corrected chi connectivity index (χ3v) is 3.63. The molecule has 14 heavy (non-hydrogen) atoms. The van der Waals surface area contributed by atoms with E-state index in [-0.39, 0.29) is 6.10 Å². The first-order valence-corrected chi connectivity index (χ1v) is 5.86. The monoisotopic (exact) mass is 198 g/mol. The third kappa shape index (κ3) is 2.47. The molecule has 0 radical (unpaired) electrons. The Morgan fingerprint density at radius 1 is 1.07 bits per heavy atom. The van der Waals surface area contributed by atoms with Crippen LogP contribution in [-0.2, 0) is 0 Å². The lowest BCUT2D eigenvalue weighted by Crippen LogP contribution is -2.34. The maximum absolute atomic E-state index is 9.50. The lowest BCUT2D eigenvalue weighted by atomic mass is 10.1. The van der Waals surface area contributed by atoms with E-state index in [9.17, 15) is 5.11 Å². The zero-order valence-corrected chi connectivity index (χ0v) is 9.15. The number of nitrogens with zero attached hydrogens (tertiary/aromatic N) is 2. The molecule has 3 nitrogen and oxygen atoms in total. The van der Waals surface area contributed by atoms with E-state index in [1.165, 1.54) is 32.4 Å². The van der Waals surface area contributed by atoms with Gasteiger partial charge in [-0.15, -0.1) is 0 Å². The van der Waals surface area contributed by atoms with Gasteiger partial charge in [0, 0.05) is 19.1 Å². The van der Waals surface area contributed by atoms with E-state index >= 15 is 0 Å². The minimum Gasteiger partial charge on any atom is -0.392 e. The van der Waals surface area contributed by atoms with Crippen LogP contribution in [0.2, 0.25) is 0 Å². The van der Waals surface area contributed by atoms with Crippen molar-refractivity contribution in [2.75, 3.05) is 33.2 Å². The molecule has 2 aliphatic rings. The highest BCUT2D eigenvalue weighted by Gasteiger charge is 2.27. The molecule has 0 bridgehead atoms. The Balaban J connectivity index is 1.84. The van der Waals surface area contributed by atoms with Crippen molar-refractivity contribution >= 4 is 0 Å². The van der Waals surface area contributed by atoms with E-state index in [1.807, 2.05) is 0 Å². The summed E-state index contributed by atoms with van der Waals surface area (Å²) in [5.41, 5.74) is 0. The van der Waals surface area contributed by atoms with Crippen LogP contribution in [0.25, 0.3) is 0 Å². The van der Waals surface area contributed by atoms with Gasteiger partial charge in [-0.1, -0.05) is 0 Å². The normalized spacial score (nSPS) is 37.3. The van der Waals surface area contributed by atoms with E-state index in [0.717, 1.165) is 25.6 Å². The molecule has 0 aromatic heterocycles. The summed E-state index contributed by atoms with van der Waals surface area (Å²) in [5, 5.41) is 9.50. The highest BCUT2D eigenvalue weighted by atomic mass is 16.3. The molecule has 2 rings (SSSR count). The lowest BCUT2D eigenvalue weighted by molar-refractivity contribution is 0.152. The quantitative estimate of drug-likeness (QED) is 0.666. The molecule has 2 unspecified atom stereocenters. The van der Waals surface area contributed by atoms with Crippen molar-refractivity contribution in [2.24, 2.45) is 0 Å². The molecule has 2 heterocycles. The Hall–Kier alpha value is -0.120. The van der Waals surface area contributed by atoms with Crippen LogP contribution in [0.4, 0.5) is 0 Å². The largest absolute Gasteiger partial charge is 0.392 e. The van der Waals surface area contributed by atoms with E-state index in [0.29, 0.717) is 0 Å². The summed E-state index contributed by atoms with van der Waals surface area (Å²) in [7, 11) is 2.21. The number of hydrogen-bond donors (Lipinski definition) is 1. The summed E-state index contributed by atoms with van der Waals surface area (Å²) < 4.78 is 0. The second-order valence-electron chi connectivity index (χ2n) is 4.83. The van der Waals surface area contributed by atoms with Crippen LogP contribution in [0.5, 0.6) is 0 Å². The Kier molecular flexibility index (Phi) is 3.42. The van der Waals surface area contributed by atoms with Crippen molar-refractivity contribution in [3.05, 3.63) is 0 Å². The molecule has 2 aliphatic heterocycles. The fraction of sp³-hybridized carbons (Fsp3) is 1.00. The predicted molar refractivity (Wildman–Crippen MR) is 57.3 cm³/mol. The molecule has 2 saturated heterocycles. The lowest BCUT2D eigenvalue weighted by Gasteiger charge is -2.26. The van der Waals surface area contributed by atoms with Gasteiger partial charge < -0.3 is 10.0 Å². The van der Waals surface area contributed by atoms with Crippen molar-refractivity contribution in [1.82, 2.24) is 9.80 Å². The fourth-order valence-corrected chi connectivity index (χ4v) is 2.69. The number of aliphatic hydroxyl groups is 1. The maximum atomic E-state index is 9.50. The summed E-state index contributed by atoms with van der Waals surface area (Å²) in [6, 6.07) is 0.733. The van der Waals surface area contributed by atoms with Crippen molar-refractivity contribution in [2.45, 2.75) is 37.8 Å². The van der Waals surface area contributed by atoms with Crippen molar-refractivity contribution < 1.29 is 5.11 Å². The smallest absolute Gasteiger partial charge is 0.0679 e. The van der Waals surface area contributed by atoms with Crippen LogP contribution in [0.3, 0.4) is 0 Å². The number of likely N-dealkylation sites (tertiary alicyclic amines) is 2. The molecule has 0 amide bonds. The van der Waals surface area contributed by atoms with Gasteiger partial charge in [0.2, 0.25) is 0 Å². The van der Waals surface area contributed by atoms with Crippen LogP contribution in [0.1, 0.15) is 25.7 Å². The van der Waals surface area contributed by atoms with Gasteiger partial charge in [0.1, 0.15) is 0 Å². The third-order valence-electron chi connectivity index (χ3n) is 3.63. The molecule has 3 heteroatoms. The van der Waals surface area contributed by atoms with Crippen molar-refractivity contribution in [3.8, 4) is 0 Å². The summed E-state index contributed by atoms with van der Waals surface area (Å²) in [5.74, 6) is 0. The van der Waals surface area contributed by atoms with Crippen LogP contribution >= 0.6 is 0 Å². The summed E-state index contributed by atoms with van der Waals surface area (Å²) in [6.07, 6.45) is 4.83. The standard InChI is InChI=1S/C11H22N2O/c1-12-6-2-3-10(4-7-12)13-8-5-11(14)9-13/h10-11,14H,2-9H2,1H3. The minimum absolute atomic E-state index is 0.0593. The van der Waals surface area contributed by atoms with Crippen molar-refractivity contribution in [1.29, 1.82) is 0 Å². The first-order chi connectivity index (χ1) is 6.75. The van der Waals surface area contributed by atoms with Gasteiger partial charge in [-0.05, 0) is 45.8 Å². The summed E-state index contributed by atoms with van der Waals surface area (Å²) >= 11 is 0. The van der Waals surface area contributed by atoms with Gasteiger partial charge in [0.05, 0.1) is 6.10 Å². The van der Waals surface area contributed by atoms with Gasteiger partial charge in [-0.3, -0.25) is 4.90 Å². The van der Waals surface area contributed by atoms with Gasteiger partial charge in [0.15, 0.2) is 0 Å².